The van der Waals surface area contributed by atoms with Gasteiger partial charge < -0.3 is 14.2 Å². The Morgan fingerprint density at radius 1 is 1.47 bits per heavy atom. The zero-order chi connectivity index (χ0) is 14.3. The van der Waals surface area contributed by atoms with Gasteiger partial charge in [-0.05, 0) is 18.2 Å². The van der Waals surface area contributed by atoms with Crippen molar-refractivity contribution in [2.24, 2.45) is 0 Å². The topological polar surface area (TPSA) is 61.8 Å². The number of carbonyl (C=O) groups is 2. The predicted molar refractivity (Wildman–Crippen MR) is 69.3 cm³/mol. The maximum absolute atomic E-state index is 11.6. The maximum Gasteiger partial charge on any atom is 0.341 e. The minimum absolute atomic E-state index is 0.112. The van der Waals surface area contributed by atoms with Crippen molar-refractivity contribution in [3.63, 3.8) is 0 Å². The second kappa shape index (κ2) is 6.82. The van der Waals surface area contributed by atoms with Gasteiger partial charge in [0.1, 0.15) is 5.57 Å². The zero-order valence-corrected chi connectivity index (χ0v) is 10.9. The molecule has 1 aliphatic rings. The van der Waals surface area contributed by atoms with Crippen LogP contribution in [0.3, 0.4) is 0 Å². The van der Waals surface area contributed by atoms with Gasteiger partial charge >= 0.3 is 5.97 Å². The van der Waals surface area contributed by atoms with Crippen molar-refractivity contribution in [1.82, 2.24) is 0 Å². The molecule has 0 fully saturated rings. The molecular formula is C14H16O5. The first-order valence-corrected chi connectivity index (χ1v) is 5.60. The summed E-state index contributed by atoms with van der Waals surface area (Å²) in [7, 11) is 2.62. The number of allylic oxidation sites excluding steroid dienone is 3. The second-order valence-corrected chi connectivity index (χ2v) is 3.65. The van der Waals surface area contributed by atoms with Gasteiger partial charge in [-0.2, -0.15) is 0 Å². The molecule has 5 heteroatoms. The summed E-state index contributed by atoms with van der Waals surface area (Å²) in [6.45, 7) is 3.77. The van der Waals surface area contributed by atoms with E-state index >= 15 is 0 Å². The lowest BCUT2D eigenvalue weighted by atomic mass is 10.0. The highest BCUT2D eigenvalue weighted by molar-refractivity contribution is 6.22. The van der Waals surface area contributed by atoms with Gasteiger partial charge in [0.25, 0.3) is 0 Å². The van der Waals surface area contributed by atoms with Crippen LogP contribution < -0.4 is 0 Å². The first kappa shape index (κ1) is 15.1. The summed E-state index contributed by atoms with van der Waals surface area (Å²) in [5.74, 6) is -2.41. The van der Waals surface area contributed by atoms with Crippen molar-refractivity contribution in [3.05, 3.63) is 48.6 Å². The van der Waals surface area contributed by atoms with Crippen LogP contribution in [-0.2, 0) is 23.8 Å². The molecule has 0 heterocycles. The van der Waals surface area contributed by atoms with E-state index in [0.717, 1.165) is 0 Å². The summed E-state index contributed by atoms with van der Waals surface area (Å²) in [4.78, 5) is 23.1. The largest absolute Gasteiger partial charge is 0.465 e. The SMILES string of the molecule is C=C/C=C/COC1(OC)C=CC(=O)C(C(=O)OC)=C1. The highest BCUT2D eigenvalue weighted by atomic mass is 16.7. The molecule has 0 aromatic carbocycles. The Balaban J connectivity index is 2.93. The fourth-order valence-electron chi connectivity index (χ4n) is 1.48. The average Bonchev–Trinajstić information content (AvgIpc) is 2.45. The predicted octanol–water partition coefficient (Wildman–Crippen LogP) is 1.33. The van der Waals surface area contributed by atoms with E-state index in [1.807, 2.05) is 0 Å². The highest BCUT2D eigenvalue weighted by Gasteiger charge is 2.33. The van der Waals surface area contributed by atoms with E-state index in [0.29, 0.717) is 0 Å². The molecule has 0 saturated heterocycles. The van der Waals surface area contributed by atoms with E-state index in [-0.39, 0.29) is 12.2 Å². The highest BCUT2D eigenvalue weighted by Crippen LogP contribution is 2.24. The molecule has 0 spiro atoms. The molecule has 1 rings (SSSR count). The Labute approximate surface area is 111 Å². The van der Waals surface area contributed by atoms with Gasteiger partial charge in [-0.3, -0.25) is 4.79 Å². The molecule has 0 aromatic rings. The van der Waals surface area contributed by atoms with Crippen LogP contribution in [-0.4, -0.2) is 38.4 Å². The van der Waals surface area contributed by atoms with Crippen molar-refractivity contribution in [2.45, 2.75) is 5.79 Å². The Morgan fingerprint density at radius 3 is 2.79 bits per heavy atom. The Morgan fingerprint density at radius 2 is 2.21 bits per heavy atom. The van der Waals surface area contributed by atoms with Crippen molar-refractivity contribution in [2.75, 3.05) is 20.8 Å². The monoisotopic (exact) mass is 264 g/mol. The van der Waals surface area contributed by atoms with E-state index in [2.05, 4.69) is 11.3 Å². The van der Waals surface area contributed by atoms with Crippen LogP contribution in [0.2, 0.25) is 0 Å². The number of hydrogen-bond donors (Lipinski definition) is 0. The van der Waals surface area contributed by atoms with Crippen LogP contribution >= 0.6 is 0 Å². The third-order valence-corrected chi connectivity index (χ3v) is 2.48. The quantitative estimate of drug-likeness (QED) is 0.313. The van der Waals surface area contributed by atoms with Crippen molar-refractivity contribution in [1.29, 1.82) is 0 Å². The van der Waals surface area contributed by atoms with Gasteiger partial charge in [0.05, 0.1) is 13.7 Å². The van der Waals surface area contributed by atoms with Crippen molar-refractivity contribution < 1.29 is 23.8 Å². The summed E-state index contributed by atoms with van der Waals surface area (Å²) in [5, 5.41) is 0. The first-order chi connectivity index (χ1) is 9.08. The number of hydrogen-bond acceptors (Lipinski definition) is 5. The standard InChI is InChI=1S/C14H16O5/c1-4-5-6-9-19-14(18-3)8-7-12(15)11(10-14)13(16)17-2/h4-8,10H,1,9H2,2-3H3/b6-5+. The maximum atomic E-state index is 11.6. The molecule has 1 aliphatic carbocycles. The molecule has 0 bridgehead atoms. The van der Waals surface area contributed by atoms with Crippen molar-refractivity contribution in [3.8, 4) is 0 Å². The van der Waals surface area contributed by atoms with Crippen LogP contribution in [0.5, 0.6) is 0 Å². The van der Waals surface area contributed by atoms with E-state index in [4.69, 9.17) is 9.47 Å². The summed E-state index contributed by atoms with van der Waals surface area (Å²) < 4.78 is 15.3. The van der Waals surface area contributed by atoms with Crippen LogP contribution in [0, 0.1) is 0 Å². The number of ether oxygens (including phenoxy) is 3. The van der Waals surface area contributed by atoms with E-state index in [1.54, 1.807) is 18.2 Å². The summed E-state index contributed by atoms with van der Waals surface area (Å²) >= 11 is 0. The number of carbonyl (C=O) groups excluding carboxylic acids is 2. The Bertz CT molecular complexity index is 458. The van der Waals surface area contributed by atoms with Crippen molar-refractivity contribution >= 4 is 11.8 Å². The molecule has 1 unspecified atom stereocenters. The summed E-state index contributed by atoms with van der Waals surface area (Å²) in [6.07, 6.45) is 9.04. The lowest BCUT2D eigenvalue weighted by Gasteiger charge is -2.28. The minimum Gasteiger partial charge on any atom is -0.465 e. The molecule has 0 saturated carbocycles. The number of esters is 1. The molecule has 1 atom stereocenters. The number of rotatable bonds is 6. The first-order valence-electron chi connectivity index (χ1n) is 5.60. The minimum atomic E-state index is -1.25. The van der Waals surface area contributed by atoms with Gasteiger partial charge in [0, 0.05) is 7.11 Å². The Kier molecular flexibility index (Phi) is 5.41. The molecule has 5 nitrogen and oxygen atoms in total. The van der Waals surface area contributed by atoms with Crippen LogP contribution in [0.4, 0.5) is 0 Å². The van der Waals surface area contributed by atoms with Crippen LogP contribution in [0.1, 0.15) is 0 Å². The summed E-state index contributed by atoms with van der Waals surface area (Å²) in [5.41, 5.74) is -0.112. The van der Waals surface area contributed by atoms with Gasteiger partial charge in [-0.15, -0.1) is 0 Å². The van der Waals surface area contributed by atoms with Crippen LogP contribution in [0.25, 0.3) is 0 Å². The fraction of sp³-hybridized carbons (Fsp3) is 0.286. The lowest BCUT2D eigenvalue weighted by Crippen LogP contribution is -2.35. The third kappa shape index (κ3) is 3.74. The molecule has 0 radical (unpaired) electrons. The third-order valence-electron chi connectivity index (χ3n) is 2.48. The molecule has 102 valence electrons. The molecule has 0 N–H and O–H groups in total. The fourth-order valence-corrected chi connectivity index (χ4v) is 1.48. The van der Waals surface area contributed by atoms with Gasteiger partial charge in [0.2, 0.25) is 5.79 Å². The second-order valence-electron chi connectivity index (χ2n) is 3.65. The van der Waals surface area contributed by atoms with Gasteiger partial charge in [0.15, 0.2) is 5.78 Å². The number of ketones is 1. The average molecular weight is 264 g/mol. The summed E-state index contributed by atoms with van der Waals surface area (Å²) in [6, 6.07) is 0. The van der Waals surface area contributed by atoms with E-state index in [1.165, 1.54) is 32.4 Å². The zero-order valence-electron chi connectivity index (χ0n) is 10.9. The molecular weight excluding hydrogens is 248 g/mol. The number of methoxy groups -OCH3 is 2. The van der Waals surface area contributed by atoms with E-state index < -0.39 is 17.5 Å². The molecule has 0 amide bonds. The molecule has 19 heavy (non-hydrogen) atoms. The van der Waals surface area contributed by atoms with Crippen LogP contribution in [0.15, 0.2) is 48.6 Å². The normalized spacial score (nSPS) is 22.4. The smallest absolute Gasteiger partial charge is 0.341 e. The van der Waals surface area contributed by atoms with Gasteiger partial charge in [-0.1, -0.05) is 24.8 Å². The van der Waals surface area contributed by atoms with Gasteiger partial charge in [-0.25, -0.2) is 4.79 Å². The molecule has 0 aliphatic heterocycles. The van der Waals surface area contributed by atoms with E-state index in [9.17, 15) is 9.59 Å². The lowest BCUT2D eigenvalue weighted by molar-refractivity contribution is -0.151. The molecule has 0 aromatic heterocycles. The Hall–Kier alpha value is -1.98.